The maximum atomic E-state index is 4.18. The quantitative estimate of drug-likeness (QED) is 0.622. The highest BCUT2D eigenvalue weighted by Gasteiger charge is 1.98. The van der Waals surface area contributed by atoms with Crippen LogP contribution < -0.4 is 0 Å². The number of aromatic nitrogens is 2. The van der Waals surface area contributed by atoms with E-state index in [0.29, 0.717) is 0 Å². The number of fused-ring (bicyclic) bond motifs is 1. The molecule has 0 aromatic carbocycles. The Morgan fingerprint density at radius 1 is 1.58 bits per heavy atom. The lowest BCUT2D eigenvalue weighted by molar-refractivity contribution is 0.958. The zero-order valence-corrected chi connectivity index (χ0v) is 6.99. The van der Waals surface area contributed by atoms with Crippen LogP contribution >= 0.6 is 0 Å². The van der Waals surface area contributed by atoms with Crippen LogP contribution in [0.2, 0.25) is 0 Å². The molecule has 0 saturated carbocycles. The number of aryl methyl sites for hydroxylation is 1. The number of nitrogens with zero attached hydrogens (tertiary/aromatic N) is 2. The van der Waals surface area contributed by atoms with Crippen molar-refractivity contribution in [3.05, 3.63) is 42.2 Å². The van der Waals surface area contributed by atoms with E-state index < -0.39 is 0 Å². The molecule has 2 aromatic rings. The fraction of sp³-hybridized carbons (Fsp3) is 0.100. The number of hydrogen-bond donors (Lipinski definition) is 0. The zero-order chi connectivity index (χ0) is 8.55. The van der Waals surface area contributed by atoms with E-state index in [1.807, 2.05) is 29.1 Å². The molecule has 0 atom stereocenters. The summed E-state index contributed by atoms with van der Waals surface area (Å²) < 4.78 is 1.85. The topological polar surface area (TPSA) is 17.3 Å². The largest absolute Gasteiger partial charge is 0.240 e. The second-order valence-electron chi connectivity index (χ2n) is 2.84. The van der Waals surface area contributed by atoms with Gasteiger partial charge in [-0.1, -0.05) is 12.7 Å². The Morgan fingerprint density at radius 2 is 2.42 bits per heavy atom. The predicted octanol–water partition coefficient (Wildman–Crippen LogP) is 2.29. The first-order valence-corrected chi connectivity index (χ1v) is 3.87. The third-order valence-electron chi connectivity index (χ3n) is 1.93. The van der Waals surface area contributed by atoms with Gasteiger partial charge in [-0.05, 0) is 24.6 Å². The van der Waals surface area contributed by atoms with Crippen molar-refractivity contribution in [1.82, 2.24) is 9.61 Å². The molecule has 0 amide bonds. The minimum Gasteiger partial charge on any atom is -0.240 e. The molecular formula is C10H10N2. The summed E-state index contributed by atoms with van der Waals surface area (Å²) in [5, 5.41) is 4.18. The Kier molecular flexibility index (Phi) is 1.47. The molecule has 0 saturated heterocycles. The van der Waals surface area contributed by atoms with Crippen LogP contribution in [0.4, 0.5) is 0 Å². The summed E-state index contributed by atoms with van der Waals surface area (Å²) in [6.07, 6.45) is 5.60. The zero-order valence-electron chi connectivity index (χ0n) is 6.99. The molecule has 12 heavy (non-hydrogen) atoms. The van der Waals surface area contributed by atoms with Gasteiger partial charge in [-0.3, -0.25) is 0 Å². The maximum absolute atomic E-state index is 4.18. The van der Waals surface area contributed by atoms with E-state index in [2.05, 4.69) is 24.7 Å². The molecule has 2 nitrogen and oxygen atoms in total. The first kappa shape index (κ1) is 7.10. The molecule has 0 bridgehead atoms. The fourth-order valence-electron chi connectivity index (χ4n) is 1.26. The van der Waals surface area contributed by atoms with Crippen molar-refractivity contribution in [1.29, 1.82) is 0 Å². The molecule has 0 aliphatic carbocycles. The lowest BCUT2D eigenvalue weighted by atomic mass is 10.2. The van der Waals surface area contributed by atoms with Crippen LogP contribution in [0, 0.1) is 6.92 Å². The molecule has 0 fully saturated rings. The highest BCUT2D eigenvalue weighted by Crippen LogP contribution is 2.12. The van der Waals surface area contributed by atoms with Gasteiger partial charge in [0.25, 0.3) is 0 Å². The van der Waals surface area contributed by atoms with Crippen LogP contribution in [0.15, 0.2) is 31.1 Å². The van der Waals surface area contributed by atoms with Gasteiger partial charge in [0.2, 0.25) is 0 Å². The third kappa shape index (κ3) is 0.925. The summed E-state index contributed by atoms with van der Waals surface area (Å²) in [5.74, 6) is 0. The van der Waals surface area contributed by atoms with Crippen LogP contribution in [0.5, 0.6) is 0 Å². The third-order valence-corrected chi connectivity index (χ3v) is 1.93. The maximum Gasteiger partial charge on any atom is 0.0736 e. The molecule has 60 valence electrons. The molecule has 0 N–H and O–H groups in total. The summed E-state index contributed by atoms with van der Waals surface area (Å²) in [6, 6.07) is 4.14. The molecule has 2 heterocycles. The molecule has 0 spiro atoms. The second kappa shape index (κ2) is 2.48. The van der Waals surface area contributed by atoms with Crippen LogP contribution in [-0.2, 0) is 0 Å². The van der Waals surface area contributed by atoms with E-state index in [1.54, 1.807) is 0 Å². The minimum atomic E-state index is 1.08. The molecule has 0 unspecified atom stereocenters. The smallest absolute Gasteiger partial charge is 0.0736 e. The van der Waals surface area contributed by atoms with Crippen molar-refractivity contribution in [2.75, 3.05) is 0 Å². The average Bonchev–Trinajstić information content (AvgIpc) is 2.46. The summed E-state index contributed by atoms with van der Waals surface area (Å²) in [5.41, 5.74) is 3.44. The van der Waals surface area contributed by atoms with Crippen molar-refractivity contribution in [2.45, 2.75) is 6.92 Å². The van der Waals surface area contributed by atoms with Crippen LogP contribution in [0.1, 0.15) is 11.1 Å². The lowest BCUT2D eigenvalue weighted by Crippen LogP contribution is -1.85. The highest BCUT2D eigenvalue weighted by molar-refractivity contribution is 5.68. The van der Waals surface area contributed by atoms with E-state index >= 15 is 0 Å². The molecule has 2 aromatic heterocycles. The van der Waals surface area contributed by atoms with Gasteiger partial charge in [0.15, 0.2) is 0 Å². The van der Waals surface area contributed by atoms with Crippen LogP contribution in [0.25, 0.3) is 11.6 Å². The summed E-state index contributed by atoms with van der Waals surface area (Å²) >= 11 is 0. The monoisotopic (exact) mass is 158 g/mol. The Balaban J connectivity index is 2.83. The Morgan fingerprint density at radius 3 is 3.17 bits per heavy atom. The Labute approximate surface area is 71.1 Å². The molecule has 0 aliphatic rings. The average molecular weight is 158 g/mol. The SMILES string of the molecule is C=Cc1cnn2ccc(C)cc12. The number of pyridine rings is 1. The fourth-order valence-corrected chi connectivity index (χ4v) is 1.26. The van der Waals surface area contributed by atoms with Crippen molar-refractivity contribution in [3.8, 4) is 0 Å². The molecule has 2 rings (SSSR count). The van der Waals surface area contributed by atoms with Crippen molar-refractivity contribution < 1.29 is 0 Å². The number of hydrogen-bond acceptors (Lipinski definition) is 1. The van der Waals surface area contributed by atoms with Crippen molar-refractivity contribution >= 4 is 11.6 Å². The van der Waals surface area contributed by atoms with Gasteiger partial charge in [0.1, 0.15) is 0 Å². The van der Waals surface area contributed by atoms with E-state index in [-0.39, 0.29) is 0 Å². The first-order valence-electron chi connectivity index (χ1n) is 3.87. The van der Waals surface area contributed by atoms with Crippen molar-refractivity contribution in [2.24, 2.45) is 0 Å². The Hall–Kier alpha value is -1.57. The summed E-state index contributed by atoms with van der Waals surface area (Å²) in [4.78, 5) is 0. The second-order valence-corrected chi connectivity index (χ2v) is 2.84. The van der Waals surface area contributed by atoms with Crippen LogP contribution in [-0.4, -0.2) is 9.61 Å². The van der Waals surface area contributed by atoms with Gasteiger partial charge in [-0.2, -0.15) is 5.10 Å². The van der Waals surface area contributed by atoms with Gasteiger partial charge in [-0.15, -0.1) is 0 Å². The van der Waals surface area contributed by atoms with Gasteiger partial charge >= 0.3 is 0 Å². The van der Waals surface area contributed by atoms with Crippen molar-refractivity contribution in [3.63, 3.8) is 0 Å². The normalized spacial score (nSPS) is 10.4. The lowest BCUT2D eigenvalue weighted by Gasteiger charge is -1.95. The first-order chi connectivity index (χ1) is 5.81. The van der Waals surface area contributed by atoms with Crippen LogP contribution in [0.3, 0.4) is 0 Å². The molecule has 0 aliphatic heterocycles. The molecule has 2 heteroatoms. The Bertz CT molecular complexity index is 426. The predicted molar refractivity (Wildman–Crippen MR) is 50.0 cm³/mol. The van der Waals surface area contributed by atoms with Gasteiger partial charge in [0, 0.05) is 11.8 Å². The summed E-state index contributed by atoms with van der Waals surface area (Å²) in [7, 11) is 0. The highest BCUT2D eigenvalue weighted by atomic mass is 15.2. The number of rotatable bonds is 1. The van der Waals surface area contributed by atoms with E-state index in [9.17, 15) is 0 Å². The van der Waals surface area contributed by atoms with Gasteiger partial charge in [-0.25, -0.2) is 4.52 Å². The van der Waals surface area contributed by atoms with Gasteiger partial charge in [0.05, 0.1) is 11.7 Å². The van der Waals surface area contributed by atoms with E-state index in [0.717, 1.165) is 11.1 Å². The van der Waals surface area contributed by atoms with E-state index in [1.165, 1.54) is 5.56 Å². The molecule has 0 radical (unpaired) electrons. The standard InChI is InChI=1S/C10H10N2/c1-3-9-7-11-12-5-4-8(2)6-10(9)12/h3-7H,1H2,2H3. The van der Waals surface area contributed by atoms with E-state index in [4.69, 9.17) is 0 Å². The van der Waals surface area contributed by atoms with Gasteiger partial charge < -0.3 is 0 Å². The minimum absolute atomic E-state index is 1.08. The summed E-state index contributed by atoms with van der Waals surface area (Å²) in [6.45, 7) is 5.80. The molecular weight excluding hydrogens is 148 g/mol.